The predicted octanol–water partition coefficient (Wildman–Crippen LogP) is 1.15. The smallest absolute Gasteiger partial charge is 0.114 e. The van der Waals surface area contributed by atoms with Gasteiger partial charge in [-0.2, -0.15) is 0 Å². The summed E-state index contributed by atoms with van der Waals surface area (Å²) in [4.78, 5) is 6.79. The van der Waals surface area contributed by atoms with E-state index in [0.29, 0.717) is 52.2 Å². The Hall–Kier alpha value is -1.91. The van der Waals surface area contributed by atoms with Crippen LogP contribution in [-0.2, 0) is 20.8 Å². The van der Waals surface area contributed by atoms with E-state index in [-0.39, 0.29) is 6.61 Å². The zero-order chi connectivity index (χ0) is 20.3. The molecule has 1 saturated heterocycles. The lowest BCUT2D eigenvalue weighted by atomic mass is 10.0. The minimum Gasteiger partial charge on any atom is -0.394 e. The second kappa shape index (κ2) is 11.9. The van der Waals surface area contributed by atoms with Crippen LogP contribution in [-0.4, -0.2) is 89.8 Å². The molecule has 0 aliphatic carbocycles. The largest absolute Gasteiger partial charge is 0.394 e. The Morgan fingerprint density at radius 1 is 1.07 bits per heavy atom. The molecule has 0 amide bonds. The molecule has 1 atom stereocenters. The van der Waals surface area contributed by atoms with Crippen LogP contribution in [0.1, 0.15) is 24.4 Å². The average Bonchev–Trinajstić information content (AvgIpc) is 3.38. The summed E-state index contributed by atoms with van der Waals surface area (Å²) < 4.78 is 17.8. The number of hydrogen-bond acceptors (Lipinski definition) is 8. The van der Waals surface area contributed by atoms with Gasteiger partial charge in [0, 0.05) is 24.0 Å². The van der Waals surface area contributed by atoms with Gasteiger partial charge >= 0.3 is 0 Å². The molecule has 1 N–H and O–H groups in total. The quantitative estimate of drug-likeness (QED) is 0.496. The third kappa shape index (κ3) is 6.83. The van der Waals surface area contributed by atoms with Crippen LogP contribution in [0.4, 0.5) is 0 Å². The van der Waals surface area contributed by atoms with Crippen molar-refractivity contribution in [3.05, 3.63) is 30.2 Å². The highest BCUT2D eigenvalue weighted by atomic mass is 16.5. The summed E-state index contributed by atoms with van der Waals surface area (Å²) in [7, 11) is 2.16. The highest BCUT2D eigenvalue weighted by Gasteiger charge is 2.23. The molecule has 0 bridgehead atoms. The van der Waals surface area contributed by atoms with Crippen LogP contribution in [0.25, 0.3) is 11.3 Å². The predicted molar refractivity (Wildman–Crippen MR) is 107 cm³/mol. The Labute approximate surface area is 171 Å². The number of hydrogen-bond donors (Lipinski definition) is 1. The molecule has 1 unspecified atom stereocenters. The van der Waals surface area contributed by atoms with Crippen LogP contribution in [0.5, 0.6) is 0 Å². The van der Waals surface area contributed by atoms with Gasteiger partial charge in [0.2, 0.25) is 0 Å². The summed E-state index contributed by atoms with van der Waals surface area (Å²) in [6.07, 6.45) is 8.12. The van der Waals surface area contributed by atoms with Gasteiger partial charge in [-0.05, 0) is 38.1 Å². The molecule has 29 heavy (non-hydrogen) atoms. The summed E-state index contributed by atoms with van der Waals surface area (Å²) in [5.41, 5.74) is 3.06. The van der Waals surface area contributed by atoms with Crippen LogP contribution in [0.15, 0.2) is 24.7 Å². The fraction of sp³-hybridized carbons (Fsp3) is 0.650. The van der Waals surface area contributed by atoms with E-state index in [1.54, 1.807) is 4.68 Å². The van der Waals surface area contributed by atoms with E-state index in [1.165, 1.54) is 18.4 Å². The average molecular weight is 405 g/mol. The van der Waals surface area contributed by atoms with E-state index in [1.807, 2.05) is 18.6 Å². The molecule has 1 aliphatic heterocycles. The van der Waals surface area contributed by atoms with Crippen LogP contribution >= 0.6 is 0 Å². The number of pyridine rings is 1. The first-order chi connectivity index (χ1) is 14.3. The third-order valence-electron chi connectivity index (χ3n) is 4.94. The van der Waals surface area contributed by atoms with Gasteiger partial charge in [-0.1, -0.05) is 5.21 Å². The van der Waals surface area contributed by atoms with E-state index >= 15 is 0 Å². The Morgan fingerprint density at radius 3 is 2.55 bits per heavy atom. The van der Waals surface area contributed by atoms with Crippen molar-refractivity contribution in [2.75, 3.05) is 59.8 Å². The minimum absolute atomic E-state index is 0.0346. The number of aromatic nitrogens is 4. The van der Waals surface area contributed by atoms with Crippen LogP contribution in [0, 0.1) is 0 Å². The second-order valence-electron chi connectivity index (χ2n) is 7.07. The van der Waals surface area contributed by atoms with E-state index in [9.17, 15) is 0 Å². The number of aliphatic hydroxyl groups excluding tert-OH is 1. The Balaban J connectivity index is 1.38. The normalized spacial score (nSPS) is 17.2. The van der Waals surface area contributed by atoms with Gasteiger partial charge in [0.25, 0.3) is 0 Å². The Kier molecular flexibility index (Phi) is 8.97. The van der Waals surface area contributed by atoms with Crippen molar-refractivity contribution in [3.8, 4) is 11.3 Å². The molecule has 9 heteroatoms. The van der Waals surface area contributed by atoms with Crippen molar-refractivity contribution in [1.82, 2.24) is 24.9 Å². The number of aliphatic hydroxyl groups is 1. The number of ether oxygens (including phenoxy) is 3. The van der Waals surface area contributed by atoms with E-state index < -0.39 is 0 Å². The van der Waals surface area contributed by atoms with E-state index in [0.717, 1.165) is 17.8 Å². The first kappa shape index (κ1) is 21.8. The maximum atomic E-state index is 8.59. The molecule has 1 aliphatic rings. The van der Waals surface area contributed by atoms with Crippen molar-refractivity contribution in [3.63, 3.8) is 0 Å². The fourth-order valence-corrected chi connectivity index (χ4v) is 3.42. The van der Waals surface area contributed by atoms with Crippen LogP contribution in [0.3, 0.4) is 0 Å². The van der Waals surface area contributed by atoms with Gasteiger partial charge in [0.05, 0.1) is 59.0 Å². The summed E-state index contributed by atoms with van der Waals surface area (Å²) >= 11 is 0. The molecular weight excluding hydrogens is 374 g/mol. The van der Waals surface area contributed by atoms with E-state index in [4.69, 9.17) is 19.3 Å². The van der Waals surface area contributed by atoms with E-state index in [2.05, 4.69) is 33.3 Å². The monoisotopic (exact) mass is 405 g/mol. The molecule has 0 aromatic carbocycles. The Bertz CT molecular complexity index is 726. The summed E-state index contributed by atoms with van der Waals surface area (Å²) in [6.45, 7) is 4.69. The van der Waals surface area contributed by atoms with Crippen molar-refractivity contribution in [2.45, 2.75) is 25.4 Å². The van der Waals surface area contributed by atoms with Crippen molar-refractivity contribution in [1.29, 1.82) is 0 Å². The van der Waals surface area contributed by atoms with Crippen molar-refractivity contribution < 1.29 is 19.3 Å². The second-order valence-corrected chi connectivity index (χ2v) is 7.07. The zero-order valence-corrected chi connectivity index (χ0v) is 17.1. The summed E-state index contributed by atoms with van der Waals surface area (Å²) in [5, 5.41) is 17.1. The molecule has 3 heterocycles. The number of likely N-dealkylation sites (tertiary alicyclic amines) is 1. The molecule has 2 aromatic heterocycles. The minimum atomic E-state index is 0.0346. The SMILES string of the molecule is CN1CCCC1c1cncc(-c2cn(CCOCCOCCOCCO)nn2)c1. The third-order valence-corrected chi connectivity index (χ3v) is 4.94. The maximum Gasteiger partial charge on any atom is 0.114 e. The van der Waals surface area contributed by atoms with Gasteiger partial charge < -0.3 is 19.3 Å². The lowest BCUT2D eigenvalue weighted by Crippen LogP contribution is -2.17. The van der Waals surface area contributed by atoms with Crippen LogP contribution < -0.4 is 0 Å². The highest BCUT2D eigenvalue weighted by molar-refractivity contribution is 5.57. The lowest BCUT2D eigenvalue weighted by molar-refractivity contribution is 0.00628. The van der Waals surface area contributed by atoms with Gasteiger partial charge in [-0.3, -0.25) is 9.88 Å². The van der Waals surface area contributed by atoms with Crippen LogP contribution in [0.2, 0.25) is 0 Å². The van der Waals surface area contributed by atoms with Gasteiger partial charge in [0.15, 0.2) is 0 Å². The van der Waals surface area contributed by atoms with Crippen molar-refractivity contribution in [2.24, 2.45) is 0 Å². The fourth-order valence-electron chi connectivity index (χ4n) is 3.42. The molecule has 0 saturated carbocycles. The maximum absolute atomic E-state index is 8.59. The van der Waals surface area contributed by atoms with Crippen molar-refractivity contribution >= 4 is 0 Å². The standard InChI is InChI=1S/C20H31N5O4/c1-24-4-2-3-20(24)18-13-17(14-21-15-18)19-16-25(23-22-19)5-7-27-9-11-29-12-10-28-8-6-26/h13-16,20,26H,2-12H2,1H3. The number of nitrogens with zero attached hydrogens (tertiary/aromatic N) is 5. The number of rotatable bonds is 13. The molecule has 0 spiro atoms. The zero-order valence-electron chi connectivity index (χ0n) is 17.1. The summed E-state index contributed by atoms with van der Waals surface area (Å²) in [6, 6.07) is 2.61. The van der Waals surface area contributed by atoms with Gasteiger partial charge in [0.1, 0.15) is 5.69 Å². The molecule has 2 aromatic rings. The Morgan fingerprint density at radius 2 is 1.83 bits per heavy atom. The molecule has 0 radical (unpaired) electrons. The summed E-state index contributed by atoms with van der Waals surface area (Å²) in [5.74, 6) is 0. The molecular formula is C20H31N5O4. The first-order valence-corrected chi connectivity index (χ1v) is 10.2. The highest BCUT2D eigenvalue weighted by Crippen LogP contribution is 2.31. The first-order valence-electron chi connectivity index (χ1n) is 10.2. The molecule has 3 rings (SSSR count). The van der Waals surface area contributed by atoms with Gasteiger partial charge in [-0.15, -0.1) is 5.10 Å². The molecule has 9 nitrogen and oxygen atoms in total. The molecule has 160 valence electrons. The van der Waals surface area contributed by atoms with Gasteiger partial charge in [-0.25, -0.2) is 4.68 Å². The lowest BCUT2D eigenvalue weighted by Gasteiger charge is -2.19. The molecule has 1 fully saturated rings. The topological polar surface area (TPSA) is 94.8 Å².